The van der Waals surface area contributed by atoms with Crippen molar-refractivity contribution in [3.63, 3.8) is 0 Å². The van der Waals surface area contributed by atoms with Crippen LogP contribution in [0.15, 0.2) is 73.2 Å². The second-order valence-corrected chi connectivity index (χ2v) is 5.10. The van der Waals surface area contributed by atoms with Gasteiger partial charge in [-0.1, -0.05) is 48.5 Å². The first-order chi connectivity index (χ1) is 11.4. The Bertz CT molecular complexity index is 957. The molecule has 2 aromatic heterocycles. The van der Waals surface area contributed by atoms with E-state index < -0.39 is 0 Å². The van der Waals surface area contributed by atoms with Gasteiger partial charge in [0.1, 0.15) is 5.82 Å². The minimum absolute atomic E-state index is 0.758. The Balaban J connectivity index is 1.88. The number of fused-ring (bicyclic) bond motifs is 1. The molecular weight excluding hydrogens is 284 g/mol. The van der Waals surface area contributed by atoms with E-state index in [1.807, 2.05) is 59.2 Å². The number of hydrogen-bond acceptors (Lipinski definition) is 3. The zero-order chi connectivity index (χ0) is 15.5. The fourth-order valence-electron chi connectivity index (χ4n) is 2.54. The first-order valence-electron chi connectivity index (χ1n) is 7.39. The summed E-state index contributed by atoms with van der Waals surface area (Å²) in [6, 6.07) is 18.2. The smallest absolute Gasteiger partial charge is 0.157 e. The molecule has 23 heavy (non-hydrogen) atoms. The quantitative estimate of drug-likeness (QED) is 0.574. The van der Waals surface area contributed by atoms with Crippen molar-refractivity contribution in [1.29, 1.82) is 0 Å². The lowest BCUT2D eigenvalue weighted by Crippen LogP contribution is -2.00. The maximum Gasteiger partial charge on any atom is 0.157 e. The molecule has 0 fully saturated rings. The molecular formula is C19H14N4. The van der Waals surface area contributed by atoms with Gasteiger partial charge in [0, 0.05) is 12.4 Å². The third-order valence-electron chi connectivity index (χ3n) is 3.59. The molecule has 0 aliphatic heterocycles. The lowest BCUT2D eigenvalue weighted by atomic mass is 10.2. The normalized spacial score (nSPS) is 11.3. The van der Waals surface area contributed by atoms with Crippen LogP contribution in [-0.2, 0) is 0 Å². The van der Waals surface area contributed by atoms with Crippen LogP contribution in [0.25, 0.3) is 29.0 Å². The van der Waals surface area contributed by atoms with Gasteiger partial charge < -0.3 is 0 Å². The van der Waals surface area contributed by atoms with Crippen molar-refractivity contribution >= 4 is 23.2 Å². The molecule has 0 aliphatic rings. The Morgan fingerprint density at radius 1 is 0.826 bits per heavy atom. The lowest BCUT2D eigenvalue weighted by molar-refractivity contribution is 0.982. The third kappa shape index (κ3) is 2.62. The standard InChI is InChI=1S/C19H14N4/c1-2-6-15(7-3-1)10-11-18-22-16-8-4-5-9-17(16)23(18)19-14-20-12-13-21-19/h1-14H/b11-10+. The van der Waals surface area contributed by atoms with E-state index in [0.717, 1.165) is 28.2 Å². The predicted molar refractivity (Wildman–Crippen MR) is 92.0 cm³/mol. The van der Waals surface area contributed by atoms with Crippen LogP contribution in [0.4, 0.5) is 0 Å². The van der Waals surface area contributed by atoms with Crippen molar-refractivity contribution in [2.45, 2.75) is 0 Å². The zero-order valence-corrected chi connectivity index (χ0v) is 12.4. The van der Waals surface area contributed by atoms with E-state index in [0.29, 0.717) is 0 Å². The second-order valence-electron chi connectivity index (χ2n) is 5.10. The minimum atomic E-state index is 0.758. The fourth-order valence-corrected chi connectivity index (χ4v) is 2.54. The maximum absolute atomic E-state index is 4.71. The molecule has 4 rings (SSSR count). The van der Waals surface area contributed by atoms with Gasteiger partial charge in [0.25, 0.3) is 0 Å². The van der Waals surface area contributed by atoms with Crippen molar-refractivity contribution < 1.29 is 0 Å². The summed E-state index contributed by atoms with van der Waals surface area (Å²) in [5.41, 5.74) is 3.08. The van der Waals surface area contributed by atoms with E-state index in [1.165, 1.54) is 0 Å². The molecule has 0 saturated heterocycles. The lowest BCUT2D eigenvalue weighted by Gasteiger charge is -2.04. The Morgan fingerprint density at radius 3 is 2.48 bits per heavy atom. The summed E-state index contributed by atoms with van der Waals surface area (Å²) < 4.78 is 2.02. The van der Waals surface area contributed by atoms with Crippen LogP contribution in [0.5, 0.6) is 0 Å². The number of aromatic nitrogens is 4. The van der Waals surface area contributed by atoms with Gasteiger partial charge in [-0.15, -0.1) is 0 Å². The summed E-state index contributed by atoms with van der Waals surface area (Å²) in [7, 11) is 0. The maximum atomic E-state index is 4.71. The SMILES string of the molecule is C(=C\c1nc2ccccc2n1-c1cnccn1)/c1ccccc1. The van der Waals surface area contributed by atoms with Gasteiger partial charge in [-0.05, 0) is 23.8 Å². The molecule has 4 aromatic rings. The van der Waals surface area contributed by atoms with Gasteiger partial charge in [0.05, 0.1) is 17.2 Å². The van der Waals surface area contributed by atoms with Crippen molar-refractivity contribution in [3.8, 4) is 5.82 Å². The molecule has 4 nitrogen and oxygen atoms in total. The van der Waals surface area contributed by atoms with Crippen molar-refractivity contribution in [2.24, 2.45) is 0 Å². The predicted octanol–water partition coefficient (Wildman–Crippen LogP) is 3.99. The highest BCUT2D eigenvalue weighted by molar-refractivity contribution is 5.81. The van der Waals surface area contributed by atoms with Crippen LogP contribution in [0.1, 0.15) is 11.4 Å². The van der Waals surface area contributed by atoms with Crippen LogP contribution >= 0.6 is 0 Å². The van der Waals surface area contributed by atoms with Crippen LogP contribution < -0.4 is 0 Å². The Labute approximate surface area is 133 Å². The van der Waals surface area contributed by atoms with E-state index in [4.69, 9.17) is 4.98 Å². The average Bonchev–Trinajstić information content (AvgIpc) is 3.00. The van der Waals surface area contributed by atoms with Gasteiger partial charge >= 0.3 is 0 Å². The topological polar surface area (TPSA) is 43.6 Å². The summed E-state index contributed by atoms with van der Waals surface area (Å²) in [5.74, 6) is 1.59. The zero-order valence-electron chi connectivity index (χ0n) is 12.4. The first-order valence-corrected chi connectivity index (χ1v) is 7.39. The Kier molecular flexibility index (Phi) is 3.41. The number of nitrogens with zero attached hydrogens (tertiary/aromatic N) is 4. The van der Waals surface area contributed by atoms with E-state index in [9.17, 15) is 0 Å². The molecule has 0 unspecified atom stereocenters. The van der Waals surface area contributed by atoms with Crippen molar-refractivity contribution in [1.82, 2.24) is 19.5 Å². The summed E-state index contributed by atoms with van der Waals surface area (Å²) in [6.07, 6.45) is 9.16. The van der Waals surface area contributed by atoms with Crippen LogP contribution in [0.2, 0.25) is 0 Å². The highest BCUT2D eigenvalue weighted by Gasteiger charge is 2.10. The molecule has 4 heteroatoms. The molecule has 2 aromatic carbocycles. The molecule has 0 saturated carbocycles. The van der Waals surface area contributed by atoms with Gasteiger partial charge in [-0.3, -0.25) is 9.55 Å². The van der Waals surface area contributed by atoms with Crippen LogP contribution in [0, 0.1) is 0 Å². The number of hydrogen-bond donors (Lipinski definition) is 0. The van der Waals surface area contributed by atoms with Crippen LogP contribution in [0.3, 0.4) is 0 Å². The molecule has 0 amide bonds. The average molecular weight is 298 g/mol. The molecule has 0 N–H and O–H groups in total. The first kappa shape index (κ1) is 13.4. The van der Waals surface area contributed by atoms with Crippen molar-refractivity contribution in [2.75, 3.05) is 0 Å². The van der Waals surface area contributed by atoms with Gasteiger partial charge in [-0.2, -0.15) is 0 Å². The van der Waals surface area contributed by atoms with E-state index >= 15 is 0 Å². The van der Waals surface area contributed by atoms with E-state index in [2.05, 4.69) is 22.1 Å². The highest BCUT2D eigenvalue weighted by Crippen LogP contribution is 2.21. The molecule has 110 valence electrons. The van der Waals surface area contributed by atoms with Gasteiger partial charge in [-0.25, -0.2) is 9.97 Å². The van der Waals surface area contributed by atoms with E-state index in [1.54, 1.807) is 18.6 Å². The summed E-state index contributed by atoms with van der Waals surface area (Å²) in [4.78, 5) is 13.3. The third-order valence-corrected chi connectivity index (χ3v) is 3.59. The molecule has 0 bridgehead atoms. The number of benzene rings is 2. The molecule has 0 spiro atoms. The number of rotatable bonds is 3. The Hall–Kier alpha value is -3.27. The van der Waals surface area contributed by atoms with Gasteiger partial charge in [0.2, 0.25) is 0 Å². The largest absolute Gasteiger partial charge is 0.276 e. The Morgan fingerprint density at radius 2 is 1.65 bits per heavy atom. The highest BCUT2D eigenvalue weighted by atomic mass is 15.1. The number of para-hydroxylation sites is 2. The van der Waals surface area contributed by atoms with Crippen LogP contribution in [-0.4, -0.2) is 19.5 Å². The monoisotopic (exact) mass is 298 g/mol. The molecule has 0 atom stereocenters. The summed E-state index contributed by atoms with van der Waals surface area (Å²) in [6.45, 7) is 0. The van der Waals surface area contributed by atoms with Crippen molar-refractivity contribution in [3.05, 3.63) is 84.6 Å². The number of imidazole rings is 1. The molecule has 0 radical (unpaired) electrons. The molecule has 0 aliphatic carbocycles. The molecule has 2 heterocycles. The summed E-state index contributed by atoms with van der Waals surface area (Å²) in [5, 5.41) is 0. The fraction of sp³-hybridized carbons (Fsp3) is 0. The second kappa shape index (κ2) is 5.85. The van der Waals surface area contributed by atoms with Gasteiger partial charge in [0.15, 0.2) is 5.82 Å². The summed E-state index contributed by atoms with van der Waals surface area (Å²) >= 11 is 0. The van der Waals surface area contributed by atoms with E-state index in [-0.39, 0.29) is 0 Å². The minimum Gasteiger partial charge on any atom is -0.276 e.